The lowest BCUT2D eigenvalue weighted by Crippen LogP contribution is -2.30. The Morgan fingerprint density at radius 1 is 1.13 bits per heavy atom. The molecule has 6 heteroatoms. The third kappa shape index (κ3) is 5.55. The Morgan fingerprint density at radius 2 is 1.91 bits per heavy atom. The van der Waals surface area contributed by atoms with Crippen LogP contribution in [0.2, 0.25) is 0 Å². The smallest absolute Gasteiger partial charge is 0.257 e. The Labute approximate surface area is 152 Å². The Balaban J connectivity index is 1.77. The first-order chi connectivity index (χ1) is 11.1. The van der Waals surface area contributed by atoms with Crippen molar-refractivity contribution in [1.82, 2.24) is 5.32 Å². The van der Waals surface area contributed by atoms with Crippen molar-refractivity contribution in [3.63, 3.8) is 0 Å². The highest BCUT2D eigenvalue weighted by Gasteiger charge is 2.07. The topological polar surface area (TPSA) is 47.6 Å². The fourth-order valence-corrected chi connectivity index (χ4v) is 3.19. The second-order valence-electron chi connectivity index (χ2n) is 4.78. The highest BCUT2D eigenvalue weighted by atomic mass is 79.9. The lowest BCUT2D eigenvalue weighted by atomic mass is 10.1. The number of halogens is 2. The Hall–Kier alpha value is -1.53. The summed E-state index contributed by atoms with van der Waals surface area (Å²) in [5.74, 6) is 1.31. The van der Waals surface area contributed by atoms with E-state index in [0.29, 0.717) is 18.7 Å². The molecule has 2 aromatic carbocycles. The highest BCUT2D eigenvalue weighted by Crippen LogP contribution is 2.28. The van der Waals surface area contributed by atoms with Gasteiger partial charge in [-0.05, 0) is 52.2 Å². The maximum absolute atomic E-state index is 11.8. The summed E-state index contributed by atoms with van der Waals surface area (Å²) < 4.78 is 12.5. The quantitative estimate of drug-likeness (QED) is 0.705. The third-order valence-corrected chi connectivity index (χ3v) is 4.27. The number of hydrogen-bond donors (Lipinski definition) is 1. The third-order valence-electron chi connectivity index (χ3n) is 3.16. The van der Waals surface area contributed by atoms with Gasteiger partial charge in [-0.25, -0.2) is 0 Å². The van der Waals surface area contributed by atoms with Gasteiger partial charge >= 0.3 is 0 Å². The van der Waals surface area contributed by atoms with Crippen LogP contribution in [0.1, 0.15) is 5.56 Å². The first-order valence-corrected chi connectivity index (χ1v) is 8.65. The van der Waals surface area contributed by atoms with Crippen molar-refractivity contribution in [2.45, 2.75) is 6.42 Å². The largest absolute Gasteiger partial charge is 0.496 e. The lowest BCUT2D eigenvalue weighted by Gasteiger charge is -2.10. The van der Waals surface area contributed by atoms with Gasteiger partial charge in [0.1, 0.15) is 11.5 Å². The first kappa shape index (κ1) is 17.8. The number of benzene rings is 2. The zero-order valence-corrected chi connectivity index (χ0v) is 15.8. The average Bonchev–Trinajstić information content (AvgIpc) is 2.54. The van der Waals surface area contributed by atoms with Crippen LogP contribution < -0.4 is 14.8 Å². The number of carbonyl (C=O) groups is 1. The van der Waals surface area contributed by atoms with Gasteiger partial charge in [-0.2, -0.15) is 0 Å². The molecule has 0 bridgehead atoms. The molecular weight excluding hydrogens is 426 g/mol. The number of nitrogens with one attached hydrogen (secondary N) is 1. The SMILES string of the molecule is COc1ccccc1CCNC(=O)COc1ccc(Br)cc1Br. The Bertz CT molecular complexity index is 677. The van der Waals surface area contributed by atoms with Crippen molar-refractivity contribution >= 4 is 37.8 Å². The van der Waals surface area contributed by atoms with Gasteiger partial charge in [-0.15, -0.1) is 0 Å². The van der Waals surface area contributed by atoms with Crippen LogP contribution >= 0.6 is 31.9 Å². The van der Waals surface area contributed by atoms with Crippen LogP contribution in [0.15, 0.2) is 51.4 Å². The van der Waals surface area contributed by atoms with Crippen LogP contribution in [-0.2, 0) is 11.2 Å². The molecule has 0 aliphatic carbocycles. The molecule has 4 nitrogen and oxygen atoms in total. The molecule has 0 aromatic heterocycles. The molecule has 0 aliphatic rings. The van der Waals surface area contributed by atoms with Crippen LogP contribution in [0.4, 0.5) is 0 Å². The van der Waals surface area contributed by atoms with Gasteiger partial charge in [-0.3, -0.25) is 4.79 Å². The van der Waals surface area contributed by atoms with E-state index < -0.39 is 0 Å². The summed E-state index contributed by atoms with van der Waals surface area (Å²) in [6, 6.07) is 13.3. The minimum Gasteiger partial charge on any atom is -0.496 e. The summed E-state index contributed by atoms with van der Waals surface area (Å²) >= 11 is 6.77. The summed E-state index contributed by atoms with van der Waals surface area (Å²) in [7, 11) is 1.64. The monoisotopic (exact) mass is 441 g/mol. The van der Waals surface area contributed by atoms with Crippen LogP contribution in [0, 0.1) is 0 Å². The van der Waals surface area contributed by atoms with Crippen LogP contribution in [0.25, 0.3) is 0 Å². The van der Waals surface area contributed by atoms with E-state index in [4.69, 9.17) is 9.47 Å². The van der Waals surface area contributed by atoms with Gasteiger partial charge in [0.05, 0.1) is 11.6 Å². The molecule has 2 aromatic rings. The van der Waals surface area contributed by atoms with Gasteiger partial charge in [0.15, 0.2) is 6.61 Å². The second-order valence-corrected chi connectivity index (χ2v) is 6.55. The molecular formula is C17H17Br2NO3. The number of carbonyl (C=O) groups excluding carboxylic acids is 1. The number of ether oxygens (including phenoxy) is 2. The normalized spacial score (nSPS) is 10.2. The van der Waals surface area contributed by atoms with Gasteiger partial charge in [-0.1, -0.05) is 34.1 Å². The zero-order chi connectivity index (χ0) is 16.7. The van der Waals surface area contributed by atoms with Crippen molar-refractivity contribution in [2.24, 2.45) is 0 Å². The van der Waals surface area contributed by atoms with Crippen LogP contribution in [-0.4, -0.2) is 26.2 Å². The number of para-hydroxylation sites is 1. The molecule has 0 aliphatic heterocycles. The van der Waals surface area contributed by atoms with E-state index in [1.807, 2.05) is 36.4 Å². The van der Waals surface area contributed by atoms with Gasteiger partial charge < -0.3 is 14.8 Å². The van der Waals surface area contributed by atoms with Crippen LogP contribution in [0.5, 0.6) is 11.5 Å². The number of methoxy groups -OCH3 is 1. The van der Waals surface area contributed by atoms with Crippen molar-refractivity contribution in [2.75, 3.05) is 20.3 Å². The molecule has 0 unspecified atom stereocenters. The van der Waals surface area contributed by atoms with Gasteiger partial charge in [0, 0.05) is 11.0 Å². The molecule has 0 heterocycles. The van der Waals surface area contributed by atoms with Gasteiger partial charge in [0.2, 0.25) is 0 Å². The molecule has 0 saturated carbocycles. The van der Waals surface area contributed by atoms with E-state index in [0.717, 1.165) is 20.3 Å². The maximum Gasteiger partial charge on any atom is 0.257 e. The Morgan fingerprint density at radius 3 is 2.65 bits per heavy atom. The molecule has 1 amide bonds. The van der Waals surface area contributed by atoms with E-state index in [-0.39, 0.29) is 12.5 Å². The fourth-order valence-electron chi connectivity index (χ4n) is 2.03. The minimum absolute atomic E-state index is 0.0217. The fraction of sp³-hybridized carbons (Fsp3) is 0.235. The minimum atomic E-state index is -0.158. The summed E-state index contributed by atoms with van der Waals surface area (Å²) in [4.78, 5) is 11.8. The average molecular weight is 443 g/mol. The molecule has 0 fully saturated rings. The Kier molecular flexibility index (Phi) is 6.92. The summed E-state index contributed by atoms with van der Waals surface area (Å²) in [6.45, 7) is 0.510. The number of hydrogen-bond acceptors (Lipinski definition) is 3. The summed E-state index contributed by atoms with van der Waals surface area (Å²) in [6.07, 6.45) is 0.706. The van der Waals surface area contributed by atoms with E-state index in [2.05, 4.69) is 37.2 Å². The van der Waals surface area contributed by atoms with Crippen molar-refractivity contribution in [3.05, 3.63) is 57.0 Å². The lowest BCUT2D eigenvalue weighted by molar-refractivity contribution is -0.123. The molecule has 0 saturated heterocycles. The maximum atomic E-state index is 11.8. The second kappa shape index (κ2) is 8.93. The van der Waals surface area contributed by atoms with E-state index in [1.54, 1.807) is 13.2 Å². The molecule has 2 rings (SSSR count). The molecule has 23 heavy (non-hydrogen) atoms. The van der Waals surface area contributed by atoms with E-state index in [1.165, 1.54) is 0 Å². The number of rotatable bonds is 7. The zero-order valence-electron chi connectivity index (χ0n) is 12.6. The van der Waals surface area contributed by atoms with Crippen LogP contribution in [0.3, 0.4) is 0 Å². The highest BCUT2D eigenvalue weighted by molar-refractivity contribution is 9.11. The predicted octanol–water partition coefficient (Wildman–Crippen LogP) is 3.96. The summed E-state index contributed by atoms with van der Waals surface area (Å²) in [5.41, 5.74) is 1.06. The molecule has 0 atom stereocenters. The summed E-state index contributed by atoms with van der Waals surface area (Å²) in [5, 5.41) is 2.84. The van der Waals surface area contributed by atoms with Crippen molar-refractivity contribution in [1.29, 1.82) is 0 Å². The standard InChI is InChI=1S/C17H17Br2NO3/c1-22-15-5-3-2-4-12(15)8-9-20-17(21)11-23-16-7-6-13(18)10-14(16)19/h2-7,10H,8-9,11H2,1H3,(H,20,21). The predicted molar refractivity (Wildman–Crippen MR) is 97.0 cm³/mol. The van der Waals surface area contributed by atoms with E-state index in [9.17, 15) is 4.79 Å². The van der Waals surface area contributed by atoms with E-state index >= 15 is 0 Å². The van der Waals surface area contributed by atoms with Crippen molar-refractivity contribution < 1.29 is 14.3 Å². The molecule has 0 radical (unpaired) electrons. The van der Waals surface area contributed by atoms with Crippen molar-refractivity contribution in [3.8, 4) is 11.5 Å². The number of amides is 1. The molecule has 1 N–H and O–H groups in total. The van der Waals surface area contributed by atoms with Gasteiger partial charge in [0.25, 0.3) is 5.91 Å². The molecule has 122 valence electrons. The molecule has 0 spiro atoms. The first-order valence-electron chi connectivity index (χ1n) is 7.06.